The van der Waals surface area contributed by atoms with Crippen molar-refractivity contribution in [2.24, 2.45) is 0 Å². The zero-order chi connectivity index (χ0) is 21.2. The summed E-state index contributed by atoms with van der Waals surface area (Å²) in [6.45, 7) is 3.08. The first-order valence-corrected chi connectivity index (χ1v) is 10.1. The van der Waals surface area contributed by atoms with Gasteiger partial charge in [0.05, 0.1) is 12.2 Å². The second-order valence-electron chi connectivity index (χ2n) is 6.87. The number of hydrogen-bond acceptors (Lipinski definition) is 3. The van der Waals surface area contributed by atoms with Crippen LogP contribution in [-0.4, -0.2) is 25.0 Å². The minimum atomic E-state index is -0.281. The molecule has 5 nitrogen and oxygen atoms in total. The maximum Gasteiger partial charge on any atom is 0.259 e. The number of amides is 2. The predicted molar refractivity (Wildman–Crippen MR) is 119 cm³/mol. The molecule has 0 spiro atoms. The third kappa shape index (κ3) is 5.95. The molecule has 2 amide bonds. The van der Waals surface area contributed by atoms with Crippen LogP contribution in [0.5, 0.6) is 5.75 Å². The van der Waals surface area contributed by atoms with Crippen LogP contribution in [0.2, 0.25) is 0 Å². The smallest absolute Gasteiger partial charge is 0.259 e. The molecule has 0 aliphatic carbocycles. The Bertz CT molecular complexity index is 986. The molecule has 0 bridgehead atoms. The molecule has 3 aromatic rings. The van der Waals surface area contributed by atoms with Gasteiger partial charge in [-0.25, -0.2) is 0 Å². The summed E-state index contributed by atoms with van der Waals surface area (Å²) in [5, 5.41) is 5.69. The van der Waals surface area contributed by atoms with Crippen LogP contribution in [0.4, 0.5) is 5.69 Å². The molecule has 3 rings (SSSR count). The number of rotatable bonds is 9. The molecule has 5 heteroatoms. The Kier molecular flexibility index (Phi) is 7.61. The van der Waals surface area contributed by atoms with Crippen LogP contribution >= 0.6 is 0 Å². The molecular weight excluding hydrogens is 376 g/mol. The molecule has 0 saturated carbocycles. The van der Waals surface area contributed by atoms with Crippen LogP contribution < -0.4 is 15.4 Å². The van der Waals surface area contributed by atoms with E-state index in [1.807, 2.05) is 43.3 Å². The van der Waals surface area contributed by atoms with Crippen LogP contribution in [0.25, 0.3) is 0 Å². The molecule has 0 aliphatic rings. The van der Waals surface area contributed by atoms with E-state index in [0.29, 0.717) is 35.7 Å². The van der Waals surface area contributed by atoms with Gasteiger partial charge in [0.15, 0.2) is 0 Å². The summed E-state index contributed by atoms with van der Waals surface area (Å²) in [4.78, 5) is 25.0. The fraction of sp³-hybridized carbons (Fsp3) is 0.200. The van der Waals surface area contributed by atoms with E-state index in [-0.39, 0.29) is 11.8 Å². The van der Waals surface area contributed by atoms with Gasteiger partial charge in [-0.2, -0.15) is 0 Å². The first kappa shape index (κ1) is 21.1. The molecule has 154 valence electrons. The fourth-order valence-corrected chi connectivity index (χ4v) is 2.98. The summed E-state index contributed by atoms with van der Waals surface area (Å²) in [6, 6.07) is 24.1. The van der Waals surface area contributed by atoms with Crippen molar-refractivity contribution in [2.45, 2.75) is 19.8 Å². The minimum absolute atomic E-state index is 0.155. The van der Waals surface area contributed by atoms with E-state index < -0.39 is 0 Å². The van der Waals surface area contributed by atoms with Gasteiger partial charge >= 0.3 is 0 Å². The summed E-state index contributed by atoms with van der Waals surface area (Å²) >= 11 is 0. The first-order chi connectivity index (χ1) is 14.7. The van der Waals surface area contributed by atoms with Crippen molar-refractivity contribution in [2.75, 3.05) is 18.5 Å². The molecule has 0 fully saturated rings. The number of para-hydroxylation sites is 1. The summed E-state index contributed by atoms with van der Waals surface area (Å²) in [6.07, 6.45) is 1.62. The number of carbonyl (C=O) groups is 2. The summed E-state index contributed by atoms with van der Waals surface area (Å²) < 4.78 is 5.88. The van der Waals surface area contributed by atoms with Crippen molar-refractivity contribution in [3.63, 3.8) is 0 Å². The van der Waals surface area contributed by atoms with Gasteiger partial charge in [-0.15, -0.1) is 0 Å². The number of anilines is 1. The molecular formula is C25H26N2O3. The molecule has 0 aromatic heterocycles. The third-order valence-electron chi connectivity index (χ3n) is 4.54. The second-order valence-corrected chi connectivity index (χ2v) is 6.87. The quantitative estimate of drug-likeness (QED) is 0.545. The molecule has 0 unspecified atom stereocenters. The third-order valence-corrected chi connectivity index (χ3v) is 4.54. The molecule has 2 N–H and O–H groups in total. The maximum absolute atomic E-state index is 12.8. The summed E-state index contributed by atoms with van der Waals surface area (Å²) in [5.74, 6) is 0.0943. The summed E-state index contributed by atoms with van der Waals surface area (Å²) in [5.41, 5.74) is 2.70. The van der Waals surface area contributed by atoms with Crippen molar-refractivity contribution in [1.29, 1.82) is 0 Å². The van der Waals surface area contributed by atoms with Gasteiger partial charge in [0.2, 0.25) is 0 Å². The van der Waals surface area contributed by atoms with Crippen molar-refractivity contribution in [3.05, 3.63) is 95.6 Å². The second kappa shape index (κ2) is 10.8. The predicted octanol–water partition coefficient (Wildman–Crippen LogP) is 4.70. The van der Waals surface area contributed by atoms with Crippen LogP contribution in [0, 0.1) is 0 Å². The van der Waals surface area contributed by atoms with Gasteiger partial charge in [-0.05, 0) is 42.3 Å². The number of benzene rings is 3. The molecule has 0 heterocycles. The van der Waals surface area contributed by atoms with Gasteiger partial charge < -0.3 is 15.4 Å². The highest BCUT2D eigenvalue weighted by Gasteiger charge is 2.13. The normalized spacial score (nSPS) is 10.3. The van der Waals surface area contributed by atoms with Gasteiger partial charge in [0, 0.05) is 24.2 Å². The zero-order valence-electron chi connectivity index (χ0n) is 17.1. The van der Waals surface area contributed by atoms with E-state index in [4.69, 9.17) is 4.74 Å². The topological polar surface area (TPSA) is 67.4 Å². The minimum Gasteiger partial charge on any atom is -0.492 e. The average molecular weight is 402 g/mol. The average Bonchev–Trinajstić information content (AvgIpc) is 2.78. The van der Waals surface area contributed by atoms with E-state index in [0.717, 1.165) is 12.8 Å². The number of hydrogen-bond donors (Lipinski definition) is 2. The van der Waals surface area contributed by atoms with Crippen LogP contribution in [0.3, 0.4) is 0 Å². The van der Waals surface area contributed by atoms with E-state index >= 15 is 0 Å². The van der Waals surface area contributed by atoms with Gasteiger partial charge in [0.1, 0.15) is 5.75 Å². The zero-order valence-corrected chi connectivity index (χ0v) is 17.1. The number of carbonyl (C=O) groups excluding carboxylic acids is 2. The highest BCUT2D eigenvalue weighted by Crippen LogP contribution is 2.20. The number of ether oxygens (including phenoxy) is 1. The van der Waals surface area contributed by atoms with Gasteiger partial charge in [0.25, 0.3) is 11.8 Å². The Morgan fingerprint density at radius 2 is 1.63 bits per heavy atom. The largest absolute Gasteiger partial charge is 0.492 e. The van der Waals surface area contributed by atoms with E-state index in [2.05, 4.69) is 10.6 Å². The molecule has 0 radical (unpaired) electrons. The highest BCUT2D eigenvalue weighted by atomic mass is 16.5. The molecule has 0 atom stereocenters. The fourth-order valence-electron chi connectivity index (χ4n) is 2.98. The van der Waals surface area contributed by atoms with Gasteiger partial charge in [-0.1, -0.05) is 55.5 Å². The van der Waals surface area contributed by atoms with Crippen molar-refractivity contribution < 1.29 is 14.3 Å². The Hall–Kier alpha value is -3.60. The lowest BCUT2D eigenvalue weighted by Gasteiger charge is -2.12. The van der Waals surface area contributed by atoms with Crippen molar-refractivity contribution >= 4 is 17.5 Å². The van der Waals surface area contributed by atoms with Crippen LogP contribution in [-0.2, 0) is 6.42 Å². The Labute approximate surface area is 177 Å². The van der Waals surface area contributed by atoms with E-state index in [1.165, 1.54) is 5.56 Å². The lowest BCUT2D eigenvalue weighted by molar-refractivity contribution is 0.0952. The Morgan fingerprint density at radius 1 is 0.867 bits per heavy atom. The lowest BCUT2D eigenvalue weighted by Crippen LogP contribution is -2.24. The Balaban J connectivity index is 1.65. The molecule has 3 aromatic carbocycles. The van der Waals surface area contributed by atoms with E-state index in [9.17, 15) is 9.59 Å². The first-order valence-electron chi connectivity index (χ1n) is 10.1. The monoisotopic (exact) mass is 402 g/mol. The lowest BCUT2D eigenvalue weighted by atomic mass is 10.1. The highest BCUT2D eigenvalue weighted by molar-refractivity contribution is 6.06. The SMILES string of the molecule is CCCNC(=O)c1cccc(NC(=O)c2ccccc2OCCc2ccccc2)c1. The van der Waals surface area contributed by atoms with E-state index in [1.54, 1.807) is 42.5 Å². The standard InChI is InChI=1S/C25H26N2O3/c1-2-16-26-24(28)20-11-8-12-21(18-20)27-25(29)22-13-6-7-14-23(22)30-17-15-19-9-4-3-5-10-19/h3-14,18H,2,15-17H2,1H3,(H,26,28)(H,27,29). The maximum atomic E-state index is 12.8. The molecule has 30 heavy (non-hydrogen) atoms. The molecule has 0 aliphatic heterocycles. The van der Waals surface area contributed by atoms with Crippen molar-refractivity contribution in [3.8, 4) is 5.75 Å². The molecule has 0 saturated heterocycles. The van der Waals surface area contributed by atoms with Gasteiger partial charge in [-0.3, -0.25) is 9.59 Å². The van der Waals surface area contributed by atoms with Crippen molar-refractivity contribution in [1.82, 2.24) is 5.32 Å². The van der Waals surface area contributed by atoms with Crippen LogP contribution in [0.1, 0.15) is 39.6 Å². The summed E-state index contributed by atoms with van der Waals surface area (Å²) in [7, 11) is 0. The number of nitrogens with one attached hydrogen (secondary N) is 2. The Morgan fingerprint density at radius 3 is 2.43 bits per heavy atom. The van der Waals surface area contributed by atoms with Crippen LogP contribution in [0.15, 0.2) is 78.9 Å².